The lowest BCUT2D eigenvalue weighted by molar-refractivity contribution is -0.148. The number of aliphatic carboxylic acids is 1. The van der Waals surface area contributed by atoms with Gasteiger partial charge in [-0.2, -0.15) is 0 Å². The van der Waals surface area contributed by atoms with Crippen molar-refractivity contribution in [2.75, 3.05) is 13.7 Å². The van der Waals surface area contributed by atoms with Gasteiger partial charge in [0.2, 0.25) is 0 Å². The molecule has 18 heavy (non-hydrogen) atoms. The van der Waals surface area contributed by atoms with Crippen LogP contribution in [0.2, 0.25) is 0 Å². The van der Waals surface area contributed by atoms with Gasteiger partial charge in [0.25, 0.3) is 0 Å². The van der Waals surface area contributed by atoms with E-state index in [2.05, 4.69) is 0 Å². The van der Waals surface area contributed by atoms with Gasteiger partial charge in [-0.3, -0.25) is 9.59 Å². The maximum Gasteiger partial charge on any atom is 0.312 e. The van der Waals surface area contributed by atoms with Crippen LogP contribution in [-0.2, 0) is 4.79 Å². The Kier molecular flexibility index (Phi) is 4.31. The summed E-state index contributed by atoms with van der Waals surface area (Å²) in [5, 5.41) is 8.97. The first-order valence-corrected chi connectivity index (χ1v) is 5.40. The highest BCUT2D eigenvalue weighted by molar-refractivity contribution is 5.80. The molecular weight excluding hydrogens is 236 g/mol. The van der Waals surface area contributed by atoms with Gasteiger partial charge in [-0.25, -0.2) is 0 Å². The van der Waals surface area contributed by atoms with Crippen LogP contribution < -0.4 is 9.47 Å². The van der Waals surface area contributed by atoms with Gasteiger partial charge in [0.05, 0.1) is 18.1 Å². The number of carboxylic acids is 1. The fourth-order valence-corrected chi connectivity index (χ4v) is 1.18. The molecule has 1 rings (SSSR count). The van der Waals surface area contributed by atoms with Gasteiger partial charge in [0, 0.05) is 6.07 Å². The van der Waals surface area contributed by atoms with Gasteiger partial charge in [0.1, 0.15) is 18.1 Å². The van der Waals surface area contributed by atoms with Gasteiger partial charge >= 0.3 is 5.97 Å². The van der Waals surface area contributed by atoms with Gasteiger partial charge in [-0.05, 0) is 26.0 Å². The molecule has 0 bridgehead atoms. The molecule has 0 amide bonds. The molecule has 5 heteroatoms. The normalized spacial score (nSPS) is 10.8. The second kappa shape index (κ2) is 5.53. The fraction of sp³-hybridized carbons (Fsp3) is 0.385. The van der Waals surface area contributed by atoms with Crippen LogP contribution in [0.1, 0.15) is 24.2 Å². The lowest BCUT2D eigenvalue weighted by Gasteiger charge is -2.20. The Morgan fingerprint density at radius 1 is 1.44 bits per heavy atom. The van der Waals surface area contributed by atoms with E-state index in [4.69, 9.17) is 14.6 Å². The topological polar surface area (TPSA) is 72.8 Å². The molecule has 0 saturated heterocycles. The van der Waals surface area contributed by atoms with Gasteiger partial charge < -0.3 is 14.6 Å². The van der Waals surface area contributed by atoms with Gasteiger partial charge in [0.15, 0.2) is 6.29 Å². The quantitative estimate of drug-likeness (QED) is 0.784. The molecule has 0 spiro atoms. The lowest BCUT2D eigenvalue weighted by atomic mass is 9.95. The van der Waals surface area contributed by atoms with Crippen LogP contribution in [0.15, 0.2) is 18.2 Å². The van der Waals surface area contributed by atoms with Gasteiger partial charge in [-0.15, -0.1) is 0 Å². The number of carbonyl (C=O) groups is 2. The number of aldehydes is 1. The second-order valence-corrected chi connectivity index (χ2v) is 4.50. The molecule has 1 aromatic carbocycles. The van der Waals surface area contributed by atoms with Crippen molar-refractivity contribution in [1.82, 2.24) is 0 Å². The summed E-state index contributed by atoms with van der Waals surface area (Å²) in [6.45, 7) is 3.07. The Morgan fingerprint density at radius 2 is 2.11 bits per heavy atom. The largest absolute Gasteiger partial charge is 0.497 e. The molecule has 98 valence electrons. The van der Waals surface area contributed by atoms with Crippen molar-refractivity contribution in [2.45, 2.75) is 13.8 Å². The number of rotatable bonds is 6. The maximum atomic E-state index is 10.9. The monoisotopic (exact) mass is 252 g/mol. The Balaban J connectivity index is 2.89. The van der Waals surface area contributed by atoms with Crippen LogP contribution in [0.4, 0.5) is 0 Å². The molecule has 0 aliphatic heterocycles. The predicted octanol–water partition coefficient (Wildman–Crippen LogP) is 2.00. The minimum atomic E-state index is -1.02. The van der Waals surface area contributed by atoms with E-state index < -0.39 is 11.4 Å². The molecule has 0 fully saturated rings. The molecule has 0 aliphatic carbocycles. The minimum Gasteiger partial charge on any atom is -0.497 e. The molecule has 5 nitrogen and oxygen atoms in total. The van der Waals surface area contributed by atoms with E-state index in [1.165, 1.54) is 7.11 Å². The van der Waals surface area contributed by atoms with Crippen molar-refractivity contribution < 1.29 is 24.2 Å². The van der Waals surface area contributed by atoms with Gasteiger partial charge in [-0.1, -0.05) is 0 Å². The number of carbonyl (C=O) groups excluding carboxylic acids is 1. The molecule has 0 saturated carbocycles. The van der Waals surface area contributed by atoms with E-state index in [0.29, 0.717) is 23.3 Å². The summed E-state index contributed by atoms with van der Waals surface area (Å²) in [5.74, 6) is -0.0968. The Labute approximate surface area is 105 Å². The molecule has 0 heterocycles. The van der Waals surface area contributed by atoms with Crippen LogP contribution >= 0.6 is 0 Å². The highest BCUT2D eigenvalue weighted by atomic mass is 16.5. The first-order valence-electron chi connectivity index (χ1n) is 5.40. The Bertz CT molecular complexity index is 451. The third-order valence-electron chi connectivity index (χ3n) is 2.52. The summed E-state index contributed by atoms with van der Waals surface area (Å²) in [4.78, 5) is 21.8. The van der Waals surface area contributed by atoms with Crippen molar-refractivity contribution in [3.8, 4) is 11.5 Å². The van der Waals surface area contributed by atoms with E-state index in [-0.39, 0.29) is 6.61 Å². The van der Waals surface area contributed by atoms with E-state index >= 15 is 0 Å². The van der Waals surface area contributed by atoms with Crippen LogP contribution in [0, 0.1) is 5.41 Å². The third-order valence-corrected chi connectivity index (χ3v) is 2.52. The summed E-state index contributed by atoms with van der Waals surface area (Å²) in [5.41, 5.74) is -0.666. The number of benzene rings is 1. The zero-order valence-corrected chi connectivity index (χ0v) is 10.6. The maximum absolute atomic E-state index is 10.9. The average Bonchev–Trinajstić information content (AvgIpc) is 2.35. The number of methoxy groups -OCH3 is 1. The first-order chi connectivity index (χ1) is 8.40. The Morgan fingerprint density at radius 3 is 2.61 bits per heavy atom. The van der Waals surface area contributed by atoms with Crippen molar-refractivity contribution in [1.29, 1.82) is 0 Å². The lowest BCUT2D eigenvalue weighted by Crippen LogP contribution is -2.30. The number of carboxylic acid groups (broad SMARTS) is 1. The van der Waals surface area contributed by atoms with Crippen molar-refractivity contribution in [3.05, 3.63) is 23.8 Å². The highest BCUT2D eigenvalue weighted by Gasteiger charge is 2.28. The SMILES string of the molecule is COc1ccc(C=O)c(OCC(C)(C)C(=O)O)c1. The number of hydrogen-bond acceptors (Lipinski definition) is 4. The smallest absolute Gasteiger partial charge is 0.312 e. The number of ether oxygens (including phenoxy) is 2. The molecular formula is C13H16O5. The van der Waals surface area contributed by atoms with E-state index in [0.717, 1.165) is 0 Å². The van der Waals surface area contributed by atoms with Crippen LogP contribution in [0.3, 0.4) is 0 Å². The van der Waals surface area contributed by atoms with Crippen molar-refractivity contribution in [2.24, 2.45) is 5.41 Å². The molecule has 0 atom stereocenters. The molecule has 0 radical (unpaired) electrons. The summed E-state index contributed by atoms with van der Waals surface area (Å²) in [6.07, 6.45) is 0.655. The summed E-state index contributed by atoms with van der Waals surface area (Å²) in [7, 11) is 1.50. The number of hydrogen-bond donors (Lipinski definition) is 1. The van der Waals surface area contributed by atoms with Crippen LogP contribution in [0.25, 0.3) is 0 Å². The molecule has 1 aromatic rings. The summed E-state index contributed by atoms with van der Waals surface area (Å²) in [6, 6.07) is 4.76. The molecule has 0 aromatic heterocycles. The molecule has 0 aliphatic rings. The summed E-state index contributed by atoms with van der Waals surface area (Å²) >= 11 is 0. The third kappa shape index (κ3) is 3.23. The van der Waals surface area contributed by atoms with Crippen molar-refractivity contribution in [3.63, 3.8) is 0 Å². The minimum absolute atomic E-state index is 0.0314. The van der Waals surface area contributed by atoms with Crippen LogP contribution in [-0.4, -0.2) is 31.1 Å². The van der Waals surface area contributed by atoms with E-state index in [9.17, 15) is 9.59 Å². The summed E-state index contributed by atoms with van der Waals surface area (Å²) < 4.78 is 10.4. The zero-order valence-electron chi connectivity index (χ0n) is 10.6. The standard InChI is InChI=1S/C13H16O5/c1-13(2,12(15)16)8-18-11-6-10(17-3)5-4-9(11)7-14/h4-7H,8H2,1-3H3,(H,15,16). The predicted molar refractivity (Wildman–Crippen MR) is 65.3 cm³/mol. The van der Waals surface area contributed by atoms with Crippen LogP contribution in [0.5, 0.6) is 11.5 Å². The average molecular weight is 252 g/mol. The second-order valence-electron chi connectivity index (χ2n) is 4.50. The molecule has 1 N–H and O–H groups in total. The van der Waals surface area contributed by atoms with E-state index in [1.54, 1.807) is 32.0 Å². The Hall–Kier alpha value is -2.04. The molecule has 0 unspecified atom stereocenters. The first kappa shape index (κ1) is 14.0. The zero-order chi connectivity index (χ0) is 13.8. The fourth-order valence-electron chi connectivity index (χ4n) is 1.18. The van der Waals surface area contributed by atoms with Crippen molar-refractivity contribution >= 4 is 12.3 Å². The highest BCUT2D eigenvalue weighted by Crippen LogP contribution is 2.26. The van der Waals surface area contributed by atoms with E-state index in [1.807, 2.05) is 0 Å².